The van der Waals surface area contributed by atoms with E-state index in [0.29, 0.717) is 12.2 Å². The smallest absolute Gasteiger partial charge is 0.303 e. The summed E-state index contributed by atoms with van der Waals surface area (Å²) in [5, 5.41) is 12.8. The van der Waals surface area contributed by atoms with Gasteiger partial charge in [-0.2, -0.15) is 0 Å². The molecule has 2 rings (SSSR count). The summed E-state index contributed by atoms with van der Waals surface area (Å²) in [4.78, 5) is 10.7. The van der Waals surface area contributed by atoms with Crippen molar-refractivity contribution in [2.75, 3.05) is 0 Å². The maximum atomic E-state index is 10.7. The van der Waals surface area contributed by atoms with Crippen LogP contribution < -0.4 is 0 Å². The Kier molecular flexibility index (Phi) is 3.69. The number of aromatic nitrogens is 1. The topological polar surface area (TPSA) is 63.3 Å². The Labute approximate surface area is 112 Å². The largest absolute Gasteiger partial charge is 0.481 e. The summed E-state index contributed by atoms with van der Waals surface area (Å²) >= 11 is 0. The van der Waals surface area contributed by atoms with Crippen molar-refractivity contribution in [3.05, 3.63) is 40.6 Å². The molecule has 0 saturated carbocycles. The number of nitrogens with zero attached hydrogens (tertiary/aromatic N) is 1. The molecule has 0 aliphatic rings. The number of carboxylic acids is 1. The van der Waals surface area contributed by atoms with Crippen molar-refractivity contribution in [3.8, 4) is 11.3 Å². The van der Waals surface area contributed by atoms with Crippen LogP contribution in [0.3, 0.4) is 0 Å². The van der Waals surface area contributed by atoms with Crippen LogP contribution in [0.4, 0.5) is 0 Å². The molecule has 0 radical (unpaired) electrons. The number of rotatable bonds is 4. The lowest BCUT2D eigenvalue weighted by atomic mass is 9.98. The highest BCUT2D eigenvalue weighted by atomic mass is 16.5. The van der Waals surface area contributed by atoms with Crippen molar-refractivity contribution < 1.29 is 14.4 Å². The van der Waals surface area contributed by atoms with Crippen molar-refractivity contribution >= 4 is 5.97 Å². The van der Waals surface area contributed by atoms with Gasteiger partial charge in [0, 0.05) is 17.5 Å². The standard InChI is InChI=1S/C15H17NO3/c1-9-4-5-10(2)13(8-9)15-12(6-7-14(17)18)11(3)16-19-15/h4-5,8H,6-7H2,1-3H3,(H,17,18). The number of aliphatic carboxylic acids is 1. The van der Waals surface area contributed by atoms with E-state index >= 15 is 0 Å². The first-order chi connectivity index (χ1) is 8.99. The predicted octanol–water partition coefficient (Wildman–Crippen LogP) is 3.28. The van der Waals surface area contributed by atoms with E-state index in [2.05, 4.69) is 5.16 Å². The average Bonchev–Trinajstić information content (AvgIpc) is 2.71. The van der Waals surface area contributed by atoms with E-state index in [-0.39, 0.29) is 6.42 Å². The van der Waals surface area contributed by atoms with Crippen molar-refractivity contribution in [3.63, 3.8) is 0 Å². The fourth-order valence-corrected chi connectivity index (χ4v) is 2.11. The molecular weight excluding hydrogens is 242 g/mol. The second kappa shape index (κ2) is 5.26. The SMILES string of the molecule is Cc1ccc(C)c(-c2onc(C)c2CCC(=O)O)c1. The molecule has 0 aliphatic heterocycles. The van der Waals surface area contributed by atoms with E-state index < -0.39 is 5.97 Å². The van der Waals surface area contributed by atoms with Crippen molar-refractivity contribution in [2.24, 2.45) is 0 Å². The average molecular weight is 259 g/mol. The summed E-state index contributed by atoms with van der Waals surface area (Å²) in [6.07, 6.45) is 0.521. The van der Waals surface area contributed by atoms with Crippen LogP contribution in [0.15, 0.2) is 22.7 Å². The summed E-state index contributed by atoms with van der Waals surface area (Å²) in [6, 6.07) is 6.11. The number of benzene rings is 1. The second-order valence-electron chi connectivity index (χ2n) is 4.79. The van der Waals surface area contributed by atoms with Crippen LogP contribution in [0.2, 0.25) is 0 Å². The Hall–Kier alpha value is -2.10. The van der Waals surface area contributed by atoms with Crippen molar-refractivity contribution in [2.45, 2.75) is 33.6 Å². The van der Waals surface area contributed by atoms with E-state index in [0.717, 1.165) is 27.9 Å². The van der Waals surface area contributed by atoms with Crippen LogP contribution >= 0.6 is 0 Å². The second-order valence-corrected chi connectivity index (χ2v) is 4.79. The van der Waals surface area contributed by atoms with Crippen LogP contribution in [0.5, 0.6) is 0 Å². The molecule has 1 heterocycles. The number of aryl methyl sites for hydroxylation is 3. The Morgan fingerprint density at radius 2 is 2.05 bits per heavy atom. The third-order valence-electron chi connectivity index (χ3n) is 3.21. The van der Waals surface area contributed by atoms with Crippen LogP contribution in [0.1, 0.15) is 28.8 Å². The Morgan fingerprint density at radius 1 is 1.32 bits per heavy atom. The maximum Gasteiger partial charge on any atom is 0.303 e. The Morgan fingerprint density at radius 3 is 2.74 bits per heavy atom. The lowest BCUT2D eigenvalue weighted by molar-refractivity contribution is -0.136. The molecule has 4 heteroatoms. The van der Waals surface area contributed by atoms with Crippen molar-refractivity contribution in [1.29, 1.82) is 0 Å². The van der Waals surface area contributed by atoms with Crippen LogP contribution in [0.25, 0.3) is 11.3 Å². The zero-order valence-electron chi connectivity index (χ0n) is 11.4. The molecule has 0 unspecified atom stereocenters. The predicted molar refractivity (Wildman–Crippen MR) is 72.1 cm³/mol. The molecule has 1 aromatic carbocycles. The number of hydrogen-bond donors (Lipinski definition) is 1. The van der Waals surface area contributed by atoms with E-state index in [9.17, 15) is 4.79 Å². The zero-order chi connectivity index (χ0) is 14.0. The highest BCUT2D eigenvalue weighted by molar-refractivity contribution is 5.70. The quantitative estimate of drug-likeness (QED) is 0.915. The number of carbonyl (C=O) groups is 1. The maximum absolute atomic E-state index is 10.7. The van der Waals surface area contributed by atoms with E-state index in [1.165, 1.54) is 0 Å². The van der Waals surface area contributed by atoms with Gasteiger partial charge in [0.2, 0.25) is 0 Å². The lowest BCUT2D eigenvalue weighted by Crippen LogP contribution is -1.99. The molecule has 2 aromatic rings. The molecule has 0 saturated heterocycles. The zero-order valence-corrected chi connectivity index (χ0v) is 11.4. The Balaban J connectivity index is 2.44. The fourth-order valence-electron chi connectivity index (χ4n) is 2.11. The minimum atomic E-state index is -0.812. The van der Waals surface area contributed by atoms with Gasteiger partial charge >= 0.3 is 5.97 Å². The molecular formula is C15H17NO3. The Bertz CT molecular complexity index is 614. The van der Waals surface area contributed by atoms with Gasteiger partial charge in [0.1, 0.15) is 0 Å². The van der Waals surface area contributed by atoms with Gasteiger partial charge in [-0.15, -0.1) is 0 Å². The van der Waals surface area contributed by atoms with Gasteiger partial charge < -0.3 is 9.63 Å². The third kappa shape index (κ3) is 2.84. The molecule has 0 fully saturated rings. The van der Waals surface area contributed by atoms with Gasteiger partial charge in [0.05, 0.1) is 5.69 Å². The van der Waals surface area contributed by atoms with Gasteiger partial charge in [-0.05, 0) is 38.8 Å². The molecule has 100 valence electrons. The summed E-state index contributed by atoms with van der Waals surface area (Å²) in [5.41, 5.74) is 4.87. The monoisotopic (exact) mass is 259 g/mol. The molecule has 19 heavy (non-hydrogen) atoms. The third-order valence-corrected chi connectivity index (χ3v) is 3.21. The summed E-state index contributed by atoms with van der Waals surface area (Å²) in [7, 11) is 0. The summed E-state index contributed by atoms with van der Waals surface area (Å²) in [5.74, 6) is -0.118. The molecule has 0 spiro atoms. The highest BCUT2D eigenvalue weighted by Gasteiger charge is 2.17. The molecule has 0 amide bonds. The minimum Gasteiger partial charge on any atom is -0.481 e. The number of carboxylic acid groups (broad SMARTS) is 1. The van der Waals surface area contributed by atoms with Gasteiger partial charge in [-0.3, -0.25) is 4.79 Å². The van der Waals surface area contributed by atoms with Crippen LogP contribution in [-0.2, 0) is 11.2 Å². The van der Waals surface area contributed by atoms with Gasteiger partial charge in [0.15, 0.2) is 5.76 Å². The molecule has 0 bridgehead atoms. The number of hydrogen-bond acceptors (Lipinski definition) is 3. The lowest BCUT2D eigenvalue weighted by Gasteiger charge is -2.06. The normalized spacial score (nSPS) is 10.7. The summed E-state index contributed by atoms with van der Waals surface area (Å²) < 4.78 is 5.41. The van der Waals surface area contributed by atoms with Gasteiger partial charge in [0.25, 0.3) is 0 Å². The molecule has 4 nitrogen and oxygen atoms in total. The molecule has 1 N–H and O–H groups in total. The van der Waals surface area contributed by atoms with E-state index in [1.807, 2.05) is 39.0 Å². The molecule has 0 atom stereocenters. The first-order valence-electron chi connectivity index (χ1n) is 6.23. The molecule has 0 aliphatic carbocycles. The van der Waals surface area contributed by atoms with Crippen molar-refractivity contribution in [1.82, 2.24) is 5.16 Å². The highest BCUT2D eigenvalue weighted by Crippen LogP contribution is 2.30. The fraction of sp³-hybridized carbons (Fsp3) is 0.333. The van der Waals surface area contributed by atoms with E-state index in [4.69, 9.17) is 9.63 Å². The van der Waals surface area contributed by atoms with Gasteiger partial charge in [-0.1, -0.05) is 22.9 Å². The van der Waals surface area contributed by atoms with Crippen LogP contribution in [-0.4, -0.2) is 16.2 Å². The minimum absolute atomic E-state index is 0.0833. The summed E-state index contributed by atoms with van der Waals surface area (Å²) in [6.45, 7) is 5.87. The molecule has 1 aromatic heterocycles. The first kappa shape index (κ1) is 13.3. The van der Waals surface area contributed by atoms with Crippen LogP contribution in [0, 0.1) is 20.8 Å². The van der Waals surface area contributed by atoms with Gasteiger partial charge in [-0.25, -0.2) is 0 Å². The van der Waals surface area contributed by atoms with E-state index in [1.54, 1.807) is 0 Å². The first-order valence-corrected chi connectivity index (χ1v) is 6.23.